The number of aromatic nitrogens is 4. The number of aryl methyl sites for hydroxylation is 1. The summed E-state index contributed by atoms with van der Waals surface area (Å²) in [5, 5.41) is 13.3. The second kappa shape index (κ2) is 4.25. The first-order valence-corrected chi connectivity index (χ1v) is 5.57. The van der Waals surface area contributed by atoms with Crippen LogP contribution in [-0.2, 0) is 0 Å². The van der Waals surface area contributed by atoms with E-state index in [2.05, 4.69) is 31.0 Å². The minimum atomic E-state index is -0.989. The van der Waals surface area contributed by atoms with Crippen LogP contribution in [0.25, 0.3) is 5.82 Å². The maximum Gasteiger partial charge on any atom is 0.339 e. The van der Waals surface area contributed by atoms with Crippen LogP contribution in [0, 0.1) is 13.8 Å². The first-order valence-electron chi connectivity index (χ1n) is 4.77. The molecule has 0 aliphatic heterocycles. The SMILES string of the molecule is Cc1nn(-c2ncncc2Br)c(C)c1C(=O)O. The Morgan fingerprint density at radius 3 is 2.71 bits per heavy atom. The van der Waals surface area contributed by atoms with Gasteiger partial charge in [-0.2, -0.15) is 5.10 Å². The third kappa shape index (κ3) is 1.93. The summed E-state index contributed by atoms with van der Waals surface area (Å²) in [5.74, 6) is -0.468. The molecule has 17 heavy (non-hydrogen) atoms. The van der Waals surface area contributed by atoms with Crippen molar-refractivity contribution in [2.45, 2.75) is 13.8 Å². The Hall–Kier alpha value is -1.76. The molecule has 0 amide bonds. The second-order valence-electron chi connectivity index (χ2n) is 3.46. The second-order valence-corrected chi connectivity index (χ2v) is 4.31. The zero-order chi connectivity index (χ0) is 12.6. The van der Waals surface area contributed by atoms with Crippen LogP contribution in [0.1, 0.15) is 21.7 Å². The highest BCUT2D eigenvalue weighted by Gasteiger charge is 2.19. The van der Waals surface area contributed by atoms with E-state index >= 15 is 0 Å². The van der Waals surface area contributed by atoms with Crippen molar-refractivity contribution in [3.05, 3.63) is 33.9 Å². The largest absolute Gasteiger partial charge is 0.478 e. The van der Waals surface area contributed by atoms with Gasteiger partial charge in [-0.1, -0.05) is 0 Å². The maximum absolute atomic E-state index is 11.1. The van der Waals surface area contributed by atoms with Gasteiger partial charge in [0.1, 0.15) is 11.9 Å². The molecule has 0 spiro atoms. The van der Waals surface area contributed by atoms with Crippen LogP contribution in [0.4, 0.5) is 0 Å². The molecule has 2 aromatic rings. The number of aromatic carboxylic acids is 1. The third-order valence-electron chi connectivity index (χ3n) is 2.35. The molecule has 0 saturated heterocycles. The molecule has 0 bridgehead atoms. The van der Waals surface area contributed by atoms with Gasteiger partial charge in [-0.15, -0.1) is 0 Å². The minimum Gasteiger partial charge on any atom is -0.478 e. The van der Waals surface area contributed by atoms with Crippen LogP contribution >= 0.6 is 15.9 Å². The predicted molar refractivity (Wildman–Crippen MR) is 63.3 cm³/mol. The standard InChI is InChI=1S/C10H9BrN4O2/c1-5-8(10(16)17)6(2)15(14-5)9-7(11)3-12-4-13-9/h3-4H,1-2H3,(H,16,17). The molecule has 0 radical (unpaired) electrons. The molecule has 2 heterocycles. The van der Waals surface area contributed by atoms with Gasteiger partial charge in [0.15, 0.2) is 5.82 Å². The Bertz CT molecular complexity index is 594. The average Bonchev–Trinajstić information content (AvgIpc) is 2.55. The van der Waals surface area contributed by atoms with Crippen LogP contribution in [0.2, 0.25) is 0 Å². The van der Waals surface area contributed by atoms with Crippen LogP contribution in [0.5, 0.6) is 0 Å². The van der Waals surface area contributed by atoms with Gasteiger partial charge in [-0.25, -0.2) is 19.4 Å². The topological polar surface area (TPSA) is 80.9 Å². The van der Waals surface area contributed by atoms with Gasteiger partial charge in [0.05, 0.1) is 15.9 Å². The lowest BCUT2D eigenvalue weighted by molar-refractivity contribution is 0.0695. The molecule has 0 aliphatic rings. The van der Waals surface area contributed by atoms with Gasteiger partial charge in [0.2, 0.25) is 0 Å². The molecule has 0 aliphatic carbocycles. The highest BCUT2D eigenvalue weighted by molar-refractivity contribution is 9.10. The first kappa shape index (κ1) is 11.7. The molecule has 0 aromatic carbocycles. The summed E-state index contributed by atoms with van der Waals surface area (Å²) in [6.45, 7) is 3.35. The van der Waals surface area contributed by atoms with Crippen LogP contribution in [-0.4, -0.2) is 30.8 Å². The van der Waals surface area contributed by atoms with E-state index < -0.39 is 5.97 Å². The molecule has 2 aromatic heterocycles. The quantitative estimate of drug-likeness (QED) is 0.913. The molecule has 0 unspecified atom stereocenters. The fourth-order valence-electron chi connectivity index (χ4n) is 1.62. The van der Waals surface area contributed by atoms with Crippen molar-refractivity contribution in [2.24, 2.45) is 0 Å². The zero-order valence-corrected chi connectivity index (χ0v) is 10.8. The lowest BCUT2D eigenvalue weighted by atomic mass is 10.2. The number of carbonyl (C=O) groups is 1. The number of halogens is 1. The fourth-order valence-corrected chi connectivity index (χ4v) is 2.01. The van der Waals surface area contributed by atoms with Crippen molar-refractivity contribution in [3.63, 3.8) is 0 Å². The average molecular weight is 297 g/mol. The van der Waals surface area contributed by atoms with E-state index in [1.807, 2.05) is 0 Å². The molecule has 0 atom stereocenters. The van der Waals surface area contributed by atoms with E-state index in [1.165, 1.54) is 11.0 Å². The van der Waals surface area contributed by atoms with Crippen molar-refractivity contribution in [2.75, 3.05) is 0 Å². The Labute approximate surface area is 105 Å². The zero-order valence-electron chi connectivity index (χ0n) is 9.18. The normalized spacial score (nSPS) is 10.5. The van der Waals surface area contributed by atoms with E-state index in [0.29, 0.717) is 21.7 Å². The van der Waals surface area contributed by atoms with Crippen molar-refractivity contribution in [1.82, 2.24) is 19.7 Å². The molecule has 6 nitrogen and oxygen atoms in total. The number of carboxylic acid groups (broad SMARTS) is 1. The monoisotopic (exact) mass is 296 g/mol. The summed E-state index contributed by atoms with van der Waals surface area (Å²) in [6, 6.07) is 0. The van der Waals surface area contributed by atoms with Gasteiger partial charge < -0.3 is 5.11 Å². The highest BCUT2D eigenvalue weighted by Crippen LogP contribution is 2.21. The highest BCUT2D eigenvalue weighted by atomic mass is 79.9. The molecular formula is C10H9BrN4O2. The van der Waals surface area contributed by atoms with Gasteiger partial charge in [-0.05, 0) is 29.8 Å². The van der Waals surface area contributed by atoms with E-state index in [4.69, 9.17) is 5.11 Å². The molecule has 7 heteroatoms. The van der Waals surface area contributed by atoms with Crippen LogP contribution in [0.15, 0.2) is 17.0 Å². The van der Waals surface area contributed by atoms with Crippen molar-refractivity contribution in [1.29, 1.82) is 0 Å². The molecule has 1 N–H and O–H groups in total. The van der Waals surface area contributed by atoms with Crippen molar-refractivity contribution >= 4 is 21.9 Å². The molecule has 0 saturated carbocycles. The van der Waals surface area contributed by atoms with E-state index in [9.17, 15) is 4.79 Å². The number of rotatable bonds is 2. The Morgan fingerprint density at radius 2 is 2.18 bits per heavy atom. The summed E-state index contributed by atoms with van der Waals surface area (Å²) >= 11 is 3.30. The van der Waals surface area contributed by atoms with E-state index in [-0.39, 0.29) is 5.56 Å². The van der Waals surface area contributed by atoms with Gasteiger partial charge in [0, 0.05) is 6.20 Å². The maximum atomic E-state index is 11.1. The van der Waals surface area contributed by atoms with Crippen molar-refractivity contribution in [3.8, 4) is 5.82 Å². The fraction of sp³-hybridized carbons (Fsp3) is 0.200. The summed E-state index contributed by atoms with van der Waals surface area (Å²) in [6.07, 6.45) is 2.97. The third-order valence-corrected chi connectivity index (χ3v) is 2.91. The van der Waals surface area contributed by atoms with E-state index in [0.717, 1.165) is 0 Å². The summed E-state index contributed by atoms with van der Waals surface area (Å²) < 4.78 is 2.15. The molecule has 2 rings (SSSR count). The van der Waals surface area contributed by atoms with E-state index in [1.54, 1.807) is 20.0 Å². The lowest BCUT2D eigenvalue weighted by Gasteiger charge is -2.04. The number of carboxylic acids is 1. The smallest absolute Gasteiger partial charge is 0.339 e. The lowest BCUT2D eigenvalue weighted by Crippen LogP contribution is -2.05. The van der Waals surface area contributed by atoms with Gasteiger partial charge in [-0.3, -0.25) is 0 Å². The van der Waals surface area contributed by atoms with Gasteiger partial charge >= 0.3 is 5.97 Å². The number of nitrogens with zero attached hydrogens (tertiary/aromatic N) is 4. The molecule has 0 fully saturated rings. The van der Waals surface area contributed by atoms with Gasteiger partial charge in [0.25, 0.3) is 0 Å². The van der Waals surface area contributed by atoms with Crippen molar-refractivity contribution < 1.29 is 9.90 Å². The minimum absolute atomic E-state index is 0.204. The Morgan fingerprint density at radius 1 is 1.47 bits per heavy atom. The number of hydrogen-bond acceptors (Lipinski definition) is 4. The molecular weight excluding hydrogens is 288 g/mol. The first-order chi connectivity index (χ1) is 8.02. The Kier molecular flexibility index (Phi) is 2.93. The Balaban J connectivity index is 2.66. The number of hydrogen-bond donors (Lipinski definition) is 1. The van der Waals surface area contributed by atoms with Crippen LogP contribution in [0.3, 0.4) is 0 Å². The van der Waals surface area contributed by atoms with Crippen LogP contribution < -0.4 is 0 Å². The summed E-state index contributed by atoms with van der Waals surface area (Å²) in [7, 11) is 0. The predicted octanol–water partition coefficient (Wildman–Crippen LogP) is 1.74. The molecule has 88 valence electrons. The summed E-state index contributed by atoms with van der Waals surface area (Å²) in [4.78, 5) is 19.0. The summed E-state index contributed by atoms with van der Waals surface area (Å²) in [5.41, 5.74) is 1.20.